The van der Waals surface area contributed by atoms with Gasteiger partial charge in [-0.2, -0.15) is 0 Å². The van der Waals surface area contributed by atoms with E-state index in [-0.39, 0.29) is 0 Å². The smallest absolute Gasteiger partial charge is 0.195 e. The van der Waals surface area contributed by atoms with Crippen LogP contribution in [0.15, 0.2) is 46.0 Å². The first-order valence-corrected chi connectivity index (χ1v) is 8.41. The van der Waals surface area contributed by atoms with Crippen molar-refractivity contribution >= 4 is 45.9 Å². The van der Waals surface area contributed by atoms with Crippen molar-refractivity contribution in [2.45, 2.75) is 10.8 Å². The van der Waals surface area contributed by atoms with Gasteiger partial charge in [0.15, 0.2) is 4.96 Å². The van der Waals surface area contributed by atoms with Gasteiger partial charge in [0.2, 0.25) is 0 Å². The van der Waals surface area contributed by atoms with E-state index in [9.17, 15) is 0 Å². The first-order valence-electron chi connectivity index (χ1n) is 6.17. The molecule has 2 heterocycles. The highest BCUT2D eigenvalue weighted by Gasteiger charge is 2.12. The van der Waals surface area contributed by atoms with E-state index in [0.717, 1.165) is 26.5 Å². The average molecular weight is 338 g/mol. The second kappa shape index (κ2) is 6.51. The number of thioether (sulfide) groups is 1. The number of nitrogens with zero attached hydrogens (tertiary/aromatic N) is 3. The van der Waals surface area contributed by atoms with Crippen LogP contribution < -0.4 is 0 Å². The van der Waals surface area contributed by atoms with E-state index in [0.29, 0.717) is 0 Å². The maximum absolute atomic E-state index is 5.90. The Bertz CT molecular complexity index is 764. The fourth-order valence-corrected chi connectivity index (χ4v) is 3.69. The van der Waals surface area contributed by atoms with Crippen molar-refractivity contribution in [3.05, 3.63) is 52.1 Å². The molecule has 0 atom stereocenters. The number of imidazole rings is 1. The SMILES string of the molecule is CO/N=C/c1c(SCc2ccc(Cl)cc2)nc2sccn12. The van der Waals surface area contributed by atoms with Gasteiger partial charge in [0.1, 0.15) is 17.8 Å². The number of halogens is 1. The predicted octanol–water partition coefficient (Wildman–Crippen LogP) is 4.32. The lowest BCUT2D eigenvalue weighted by Gasteiger charge is -2.01. The first-order chi connectivity index (χ1) is 10.3. The number of aromatic nitrogens is 2. The van der Waals surface area contributed by atoms with Gasteiger partial charge in [-0.25, -0.2) is 4.98 Å². The summed E-state index contributed by atoms with van der Waals surface area (Å²) in [5, 5.41) is 7.55. The minimum absolute atomic E-state index is 0.749. The summed E-state index contributed by atoms with van der Waals surface area (Å²) in [5.41, 5.74) is 2.14. The van der Waals surface area contributed by atoms with E-state index in [2.05, 4.69) is 10.1 Å². The number of benzene rings is 1. The molecule has 0 aliphatic carbocycles. The normalized spacial score (nSPS) is 11.5. The molecule has 0 aliphatic rings. The molecular formula is C14H12ClN3OS2. The monoisotopic (exact) mass is 337 g/mol. The van der Waals surface area contributed by atoms with Gasteiger partial charge in [-0.05, 0) is 17.7 Å². The molecule has 108 valence electrons. The molecule has 0 saturated heterocycles. The Balaban J connectivity index is 1.84. The van der Waals surface area contributed by atoms with E-state index in [4.69, 9.17) is 16.4 Å². The van der Waals surface area contributed by atoms with Gasteiger partial charge in [0.05, 0.1) is 6.21 Å². The molecule has 0 aliphatic heterocycles. The number of fused-ring (bicyclic) bond motifs is 1. The highest BCUT2D eigenvalue weighted by molar-refractivity contribution is 7.98. The zero-order valence-corrected chi connectivity index (χ0v) is 13.6. The van der Waals surface area contributed by atoms with E-state index >= 15 is 0 Å². The minimum Gasteiger partial charge on any atom is -0.399 e. The van der Waals surface area contributed by atoms with Crippen LogP contribution in [-0.2, 0) is 10.6 Å². The maximum atomic E-state index is 5.90. The molecule has 0 bridgehead atoms. The van der Waals surface area contributed by atoms with Gasteiger partial charge >= 0.3 is 0 Å². The van der Waals surface area contributed by atoms with Crippen LogP contribution in [0.5, 0.6) is 0 Å². The molecule has 21 heavy (non-hydrogen) atoms. The van der Waals surface area contributed by atoms with Crippen molar-refractivity contribution in [1.82, 2.24) is 9.38 Å². The largest absolute Gasteiger partial charge is 0.399 e. The molecule has 0 radical (unpaired) electrons. The summed E-state index contributed by atoms with van der Waals surface area (Å²) in [6.07, 6.45) is 3.67. The third-order valence-electron chi connectivity index (χ3n) is 2.83. The molecule has 0 spiro atoms. The van der Waals surface area contributed by atoms with Gasteiger partial charge in [0.25, 0.3) is 0 Å². The highest BCUT2D eigenvalue weighted by atomic mass is 35.5. The molecule has 7 heteroatoms. The Morgan fingerprint density at radius 3 is 3.00 bits per heavy atom. The van der Waals surface area contributed by atoms with E-state index in [1.54, 1.807) is 29.3 Å². The van der Waals surface area contributed by atoms with Crippen LogP contribution in [0.2, 0.25) is 5.02 Å². The van der Waals surface area contributed by atoms with Gasteiger partial charge < -0.3 is 4.84 Å². The maximum Gasteiger partial charge on any atom is 0.195 e. The third-order valence-corrected chi connectivity index (χ3v) is 4.89. The van der Waals surface area contributed by atoms with E-state index < -0.39 is 0 Å². The lowest BCUT2D eigenvalue weighted by atomic mass is 10.2. The van der Waals surface area contributed by atoms with Crippen LogP contribution >= 0.6 is 34.7 Å². The highest BCUT2D eigenvalue weighted by Crippen LogP contribution is 2.28. The molecule has 3 aromatic rings. The Morgan fingerprint density at radius 2 is 2.24 bits per heavy atom. The molecular weight excluding hydrogens is 326 g/mol. The van der Waals surface area contributed by atoms with Crippen molar-refractivity contribution in [3.8, 4) is 0 Å². The summed E-state index contributed by atoms with van der Waals surface area (Å²) in [6, 6.07) is 7.85. The van der Waals surface area contributed by atoms with E-state index in [1.807, 2.05) is 40.2 Å². The van der Waals surface area contributed by atoms with Crippen LogP contribution in [0, 0.1) is 0 Å². The van der Waals surface area contributed by atoms with Crippen molar-refractivity contribution in [2.75, 3.05) is 7.11 Å². The van der Waals surface area contributed by atoms with Crippen LogP contribution in [0.3, 0.4) is 0 Å². The van der Waals surface area contributed by atoms with Gasteiger partial charge in [0, 0.05) is 22.4 Å². The number of oxime groups is 1. The summed E-state index contributed by atoms with van der Waals surface area (Å²) in [6.45, 7) is 0. The van der Waals surface area contributed by atoms with Crippen LogP contribution in [0.25, 0.3) is 4.96 Å². The summed E-state index contributed by atoms with van der Waals surface area (Å²) in [5.74, 6) is 0.829. The molecule has 0 saturated carbocycles. The molecule has 1 aromatic carbocycles. The van der Waals surface area contributed by atoms with Gasteiger partial charge in [-0.1, -0.05) is 40.7 Å². The summed E-state index contributed by atoms with van der Waals surface area (Å²) in [4.78, 5) is 10.4. The number of rotatable bonds is 5. The summed E-state index contributed by atoms with van der Waals surface area (Å²) >= 11 is 9.17. The standard InChI is InChI=1S/C14H12ClN3OS2/c1-19-16-8-12-13(17-14-18(12)6-7-20-14)21-9-10-2-4-11(15)5-3-10/h2-8H,9H2,1H3/b16-8+. The molecule has 0 N–H and O–H groups in total. The van der Waals surface area contributed by atoms with Crippen LogP contribution in [0.4, 0.5) is 0 Å². The van der Waals surface area contributed by atoms with Crippen LogP contribution in [-0.4, -0.2) is 22.7 Å². The Labute approximate surface area is 135 Å². The van der Waals surface area contributed by atoms with Crippen molar-refractivity contribution in [3.63, 3.8) is 0 Å². The fraction of sp³-hybridized carbons (Fsp3) is 0.143. The molecule has 4 nitrogen and oxygen atoms in total. The quantitative estimate of drug-likeness (QED) is 0.395. The van der Waals surface area contributed by atoms with Crippen molar-refractivity contribution in [2.24, 2.45) is 5.16 Å². The van der Waals surface area contributed by atoms with Crippen molar-refractivity contribution in [1.29, 1.82) is 0 Å². The molecule has 0 fully saturated rings. The van der Waals surface area contributed by atoms with Crippen LogP contribution in [0.1, 0.15) is 11.3 Å². The zero-order valence-electron chi connectivity index (χ0n) is 11.2. The number of thiazole rings is 1. The Hall–Kier alpha value is -1.50. The average Bonchev–Trinajstić information content (AvgIpc) is 3.06. The second-order valence-corrected chi connectivity index (χ2v) is 6.46. The van der Waals surface area contributed by atoms with Gasteiger partial charge in [-0.3, -0.25) is 4.40 Å². The molecule has 0 unspecified atom stereocenters. The minimum atomic E-state index is 0.749. The number of hydrogen-bond acceptors (Lipinski definition) is 5. The Morgan fingerprint density at radius 1 is 1.43 bits per heavy atom. The Kier molecular flexibility index (Phi) is 4.48. The molecule has 0 amide bonds. The predicted molar refractivity (Wildman–Crippen MR) is 88.7 cm³/mol. The summed E-state index contributed by atoms with van der Waals surface area (Å²) in [7, 11) is 1.53. The summed E-state index contributed by atoms with van der Waals surface area (Å²) < 4.78 is 2.01. The third kappa shape index (κ3) is 3.23. The first kappa shape index (κ1) is 14.4. The molecule has 2 aromatic heterocycles. The zero-order chi connectivity index (χ0) is 14.7. The second-order valence-electron chi connectivity index (χ2n) is 4.19. The lowest BCUT2D eigenvalue weighted by molar-refractivity contribution is 0.215. The molecule has 3 rings (SSSR count). The number of hydrogen-bond donors (Lipinski definition) is 0. The van der Waals surface area contributed by atoms with E-state index in [1.165, 1.54) is 12.7 Å². The topological polar surface area (TPSA) is 38.9 Å². The van der Waals surface area contributed by atoms with Gasteiger partial charge in [-0.15, -0.1) is 11.3 Å². The lowest BCUT2D eigenvalue weighted by Crippen LogP contribution is -1.91. The fourth-order valence-electron chi connectivity index (χ4n) is 1.84. The van der Waals surface area contributed by atoms with Crippen molar-refractivity contribution < 1.29 is 4.84 Å².